The zero-order valence-corrected chi connectivity index (χ0v) is 33.5. The molecule has 298 valence electrons. The van der Waals surface area contributed by atoms with Crippen LogP contribution in [0.25, 0.3) is 0 Å². The second kappa shape index (κ2) is 24.4. The lowest BCUT2D eigenvalue weighted by Crippen LogP contribution is -2.41. The number of amides is 2. The lowest BCUT2D eigenvalue weighted by Gasteiger charge is -2.25. The Hall–Kier alpha value is -4.08. The molecule has 2 aliphatic heterocycles. The highest BCUT2D eigenvalue weighted by Gasteiger charge is 2.36. The third kappa shape index (κ3) is 14.6. The molecule has 2 saturated heterocycles. The largest absolute Gasteiger partial charge is 0.355 e. The molecule has 0 aliphatic carbocycles. The summed E-state index contributed by atoms with van der Waals surface area (Å²) in [5, 5.41) is 23.9. The van der Waals surface area contributed by atoms with Gasteiger partial charge in [-0.05, 0) is 49.7 Å². The Balaban J connectivity index is 1.06. The summed E-state index contributed by atoms with van der Waals surface area (Å²) in [6.45, 7) is 9.42. The van der Waals surface area contributed by atoms with Gasteiger partial charge in [0.15, 0.2) is 11.9 Å². The minimum absolute atomic E-state index is 0.00255. The van der Waals surface area contributed by atoms with Crippen molar-refractivity contribution in [2.45, 2.75) is 129 Å². The van der Waals surface area contributed by atoms with Crippen LogP contribution in [-0.2, 0) is 22.4 Å². The fraction of sp³-hybridized carbons (Fsp3) is 0.636. The Morgan fingerprint density at radius 1 is 0.556 bits per heavy atom. The number of rotatable bonds is 27. The predicted octanol–water partition coefficient (Wildman–Crippen LogP) is 7.05. The van der Waals surface area contributed by atoms with Crippen LogP contribution in [0.4, 0.5) is 0 Å². The molecular weight excluding hydrogens is 673 g/mol. The van der Waals surface area contributed by atoms with Crippen LogP contribution in [0.15, 0.2) is 60.7 Å². The molecule has 2 atom stereocenters. The van der Waals surface area contributed by atoms with E-state index in [0.717, 1.165) is 77.3 Å². The quantitative estimate of drug-likeness (QED) is 0.0730. The van der Waals surface area contributed by atoms with E-state index in [1.54, 1.807) is 0 Å². The van der Waals surface area contributed by atoms with E-state index < -0.39 is 0 Å². The molecule has 4 N–H and O–H groups in total. The van der Waals surface area contributed by atoms with Gasteiger partial charge in [-0.1, -0.05) is 139 Å². The van der Waals surface area contributed by atoms with Crippen molar-refractivity contribution in [1.82, 2.24) is 30.2 Å². The van der Waals surface area contributed by atoms with E-state index in [1.807, 2.05) is 21.9 Å². The standard InChI is InChI=1S/C44H70N8O2/c1-3-5-7-21-29-51-39(31-37-23-15-13-16-24-37)33-49(43(51)45)35-41(53)47-27-19-11-9-10-12-20-28-48-42(54)36-50-34-40(32-38-25-17-14-18-26-38)52(44(50)46)30-22-8-6-4-2/h13-18,23-26,39-40,45-46H,3-12,19-22,27-36H2,1-2H3,(H,47,53)(H,48,54)/t39-,40?/m0/s1. The molecule has 2 heterocycles. The topological polar surface area (TPSA) is 119 Å². The minimum Gasteiger partial charge on any atom is -0.355 e. The summed E-state index contributed by atoms with van der Waals surface area (Å²) >= 11 is 0. The van der Waals surface area contributed by atoms with Gasteiger partial charge in [0.2, 0.25) is 11.8 Å². The highest BCUT2D eigenvalue weighted by atomic mass is 16.2. The van der Waals surface area contributed by atoms with E-state index in [0.29, 0.717) is 38.1 Å². The lowest BCUT2D eigenvalue weighted by atomic mass is 10.1. The van der Waals surface area contributed by atoms with Crippen molar-refractivity contribution in [1.29, 1.82) is 10.8 Å². The second-order valence-corrected chi connectivity index (χ2v) is 15.4. The molecule has 1 unspecified atom stereocenters. The summed E-state index contributed by atoms with van der Waals surface area (Å²) in [6, 6.07) is 21.4. The van der Waals surface area contributed by atoms with Crippen molar-refractivity contribution in [2.24, 2.45) is 0 Å². The van der Waals surface area contributed by atoms with Gasteiger partial charge in [-0.2, -0.15) is 0 Å². The van der Waals surface area contributed by atoms with Gasteiger partial charge < -0.3 is 30.2 Å². The molecule has 4 rings (SSSR count). The molecule has 0 bridgehead atoms. The van der Waals surface area contributed by atoms with E-state index in [9.17, 15) is 9.59 Å². The Kier molecular flexibility index (Phi) is 19.2. The number of guanidine groups is 2. The number of benzene rings is 2. The van der Waals surface area contributed by atoms with E-state index in [1.165, 1.54) is 49.7 Å². The molecule has 2 amide bonds. The first-order valence-corrected chi connectivity index (χ1v) is 21.2. The number of hydrogen-bond acceptors (Lipinski definition) is 4. The van der Waals surface area contributed by atoms with Gasteiger partial charge in [-0.3, -0.25) is 20.4 Å². The highest BCUT2D eigenvalue weighted by molar-refractivity contribution is 5.87. The third-order valence-corrected chi connectivity index (χ3v) is 10.9. The van der Waals surface area contributed by atoms with Crippen LogP contribution in [-0.4, -0.2) is 108 Å². The molecule has 54 heavy (non-hydrogen) atoms. The summed E-state index contributed by atoms with van der Waals surface area (Å²) < 4.78 is 0. The number of hydrogen-bond donors (Lipinski definition) is 4. The molecule has 2 aromatic rings. The van der Waals surface area contributed by atoms with Gasteiger partial charge in [0.1, 0.15) is 0 Å². The smallest absolute Gasteiger partial charge is 0.239 e. The lowest BCUT2D eigenvalue weighted by molar-refractivity contribution is -0.122. The number of carbonyl (C=O) groups excluding carboxylic acids is 2. The maximum Gasteiger partial charge on any atom is 0.239 e. The molecular formula is C44H70N8O2. The van der Waals surface area contributed by atoms with E-state index in [-0.39, 0.29) is 37.0 Å². The van der Waals surface area contributed by atoms with E-state index >= 15 is 0 Å². The Bertz CT molecular complexity index is 1280. The molecule has 0 spiro atoms. The van der Waals surface area contributed by atoms with Gasteiger partial charge in [-0.15, -0.1) is 0 Å². The van der Waals surface area contributed by atoms with Crippen molar-refractivity contribution < 1.29 is 9.59 Å². The van der Waals surface area contributed by atoms with Gasteiger partial charge in [0.25, 0.3) is 0 Å². The van der Waals surface area contributed by atoms with E-state index in [4.69, 9.17) is 10.8 Å². The van der Waals surface area contributed by atoms with Gasteiger partial charge in [-0.25, -0.2) is 0 Å². The fourth-order valence-corrected chi connectivity index (χ4v) is 7.85. The zero-order valence-electron chi connectivity index (χ0n) is 33.5. The summed E-state index contributed by atoms with van der Waals surface area (Å²) in [4.78, 5) is 34.0. The Morgan fingerprint density at radius 2 is 0.926 bits per heavy atom. The minimum atomic E-state index is -0.00255. The van der Waals surface area contributed by atoms with E-state index in [2.05, 4.69) is 82.8 Å². The third-order valence-electron chi connectivity index (χ3n) is 10.9. The molecule has 0 saturated carbocycles. The summed E-state index contributed by atoms with van der Waals surface area (Å²) in [7, 11) is 0. The highest BCUT2D eigenvalue weighted by Crippen LogP contribution is 2.22. The first-order chi connectivity index (χ1) is 26.4. The second-order valence-electron chi connectivity index (χ2n) is 15.4. The van der Waals surface area contributed by atoms with Crippen molar-refractivity contribution in [3.8, 4) is 0 Å². The normalized spacial score (nSPS) is 17.1. The van der Waals surface area contributed by atoms with Crippen molar-refractivity contribution >= 4 is 23.7 Å². The Labute approximate surface area is 326 Å². The summed E-state index contributed by atoms with van der Waals surface area (Å²) in [5.41, 5.74) is 2.55. The number of nitrogens with one attached hydrogen (secondary N) is 4. The van der Waals surface area contributed by atoms with Crippen molar-refractivity contribution in [2.75, 3.05) is 52.4 Å². The molecule has 2 aliphatic rings. The van der Waals surface area contributed by atoms with Gasteiger partial charge >= 0.3 is 0 Å². The van der Waals surface area contributed by atoms with Crippen molar-refractivity contribution in [3.05, 3.63) is 71.8 Å². The SMILES string of the molecule is CCCCCCN1C(=N)N(CC(=O)NCCCCCCCCNC(=O)CN2C[C@H](Cc3ccccc3)N(CCCCCC)C2=N)CC1Cc1ccccc1. The first-order valence-electron chi connectivity index (χ1n) is 21.2. The average Bonchev–Trinajstić information content (AvgIpc) is 3.62. The average molecular weight is 743 g/mol. The monoisotopic (exact) mass is 743 g/mol. The van der Waals surface area contributed by atoms with Crippen molar-refractivity contribution in [3.63, 3.8) is 0 Å². The van der Waals surface area contributed by atoms with Crippen LogP contribution in [0.2, 0.25) is 0 Å². The summed E-state index contributed by atoms with van der Waals surface area (Å²) in [6.07, 6.45) is 17.4. The van der Waals surface area contributed by atoms with Crippen LogP contribution in [0, 0.1) is 10.8 Å². The van der Waals surface area contributed by atoms with Crippen LogP contribution < -0.4 is 10.6 Å². The molecule has 10 heteroatoms. The maximum atomic E-state index is 12.9. The number of unbranched alkanes of at least 4 members (excludes halogenated alkanes) is 11. The predicted molar refractivity (Wildman–Crippen MR) is 222 cm³/mol. The maximum absolute atomic E-state index is 12.9. The zero-order chi connectivity index (χ0) is 38.4. The van der Waals surface area contributed by atoms with Crippen LogP contribution in [0.3, 0.4) is 0 Å². The van der Waals surface area contributed by atoms with Crippen LogP contribution >= 0.6 is 0 Å². The molecule has 2 fully saturated rings. The first kappa shape index (κ1) is 42.7. The summed E-state index contributed by atoms with van der Waals surface area (Å²) in [5.74, 6) is 0.970. The fourth-order valence-electron chi connectivity index (χ4n) is 7.85. The molecule has 2 aromatic carbocycles. The molecule has 0 aromatic heterocycles. The van der Waals surface area contributed by atoms with Crippen LogP contribution in [0.5, 0.6) is 0 Å². The molecule has 0 radical (unpaired) electrons. The van der Waals surface area contributed by atoms with Crippen LogP contribution in [0.1, 0.15) is 115 Å². The van der Waals surface area contributed by atoms with Gasteiger partial charge in [0, 0.05) is 39.3 Å². The Morgan fingerprint density at radius 3 is 1.31 bits per heavy atom. The van der Waals surface area contributed by atoms with Gasteiger partial charge in [0.05, 0.1) is 25.2 Å². The molecule has 10 nitrogen and oxygen atoms in total. The number of nitrogens with zero attached hydrogens (tertiary/aromatic N) is 4. The number of carbonyl (C=O) groups is 2.